The van der Waals surface area contributed by atoms with Gasteiger partial charge in [-0.1, -0.05) is 23.2 Å². The summed E-state index contributed by atoms with van der Waals surface area (Å²) in [5.41, 5.74) is -3.20. The molecule has 8 heteroatoms. The third-order valence-electron chi connectivity index (χ3n) is 3.93. The van der Waals surface area contributed by atoms with Crippen LogP contribution in [0.1, 0.15) is 31.8 Å². The maximum absolute atomic E-state index is 14.9. The maximum atomic E-state index is 14.9. The molecule has 0 unspecified atom stereocenters. The molecule has 0 amide bonds. The minimum atomic E-state index is -2.13. The van der Waals surface area contributed by atoms with Crippen LogP contribution < -0.4 is 0 Å². The summed E-state index contributed by atoms with van der Waals surface area (Å²) in [6, 6.07) is 9.76. The third kappa shape index (κ3) is 3.53. The minimum absolute atomic E-state index is 0.224. The number of ketones is 2. The van der Waals surface area contributed by atoms with Gasteiger partial charge in [-0.15, -0.1) is 0 Å². The van der Waals surface area contributed by atoms with Crippen LogP contribution in [0, 0.1) is 23.3 Å². The first kappa shape index (κ1) is 20.0. The fourth-order valence-electron chi connectivity index (χ4n) is 2.52. The van der Waals surface area contributed by atoms with Crippen molar-refractivity contribution in [1.29, 1.82) is 0 Å². The van der Waals surface area contributed by atoms with Gasteiger partial charge < -0.3 is 0 Å². The molecule has 0 fully saturated rings. The van der Waals surface area contributed by atoms with Crippen molar-refractivity contribution < 1.29 is 27.2 Å². The van der Waals surface area contributed by atoms with Gasteiger partial charge in [0.25, 0.3) is 0 Å². The monoisotopic (exact) mass is 426 g/mol. The highest BCUT2D eigenvalue weighted by Crippen LogP contribution is 2.28. The van der Waals surface area contributed by atoms with Gasteiger partial charge in [-0.3, -0.25) is 9.59 Å². The van der Waals surface area contributed by atoms with E-state index in [1.54, 1.807) is 0 Å². The first-order chi connectivity index (χ1) is 13.2. The summed E-state index contributed by atoms with van der Waals surface area (Å²) in [4.78, 5) is 25.0. The number of rotatable bonds is 4. The lowest BCUT2D eigenvalue weighted by atomic mass is 9.95. The Morgan fingerprint density at radius 3 is 1.18 bits per heavy atom. The molecule has 3 rings (SSSR count). The summed E-state index contributed by atoms with van der Waals surface area (Å²) in [5.74, 6) is -10.5. The summed E-state index contributed by atoms with van der Waals surface area (Å²) < 4.78 is 57.3. The van der Waals surface area contributed by atoms with E-state index in [1.165, 1.54) is 24.3 Å². The van der Waals surface area contributed by atoms with Crippen LogP contribution in [0.25, 0.3) is 0 Å². The van der Waals surface area contributed by atoms with Gasteiger partial charge in [-0.2, -0.15) is 0 Å². The Labute approximate surface area is 166 Å². The topological polar surface area (TPSA) is 34.1 Å². The van der Waals surface area contributed by atoms with Crippen LogP contribution in [0.15, 0.2) is 48.5 Å². The van der Waals surface area contributed by atoms with Gasteiger partial charge in [0.05, 0.1) is 11.1 Å². The normalized spacial score (nSPS) is 10.8. The molecular formula is C20H8Cl2F4O2. The number of hydrogen-bond donors (Lipinski definition) is 0. The van der Waals surface area contributed by atoms with E-state index >= 15 is 0 Å². The molecule has 0 saturated heterocycles. The van der Waals surface area contributed by atoms with Gasteiger partial charge in [0.2, 0.25) is 0 Å². The second-order valence-electron chi connectivity index (χ2n) is 5.68. The Kier molecular flexibility index (Phi) is 5.54. The molecule has 0 aliphatic rings. The Balaban J connectivity index is 2.20. The van der Waals surface area contributed by atoms with Crippen molar-refractivity contribution >= 4 is 34.8 Å². The van der Waals surface area contributed by atoms with E-state index in [0.29, 0.717) is 0 Å². The SMILES string of the molecule is O=C(c1ccc(Cl)cc1)c1c(F)c(F)c(F)c(C(=O)c2ccc(Cl)cc2)c1F. The second-order valence-corrected chi connectivity index (χ2v) is 6.55. The zero-order chi connectivity index (χ0) is 20.6. The van der Waals surface area contributed by atoms with Crippen LogP contribution in [0.4, 0.5) is 17.6 Å². The molecule has 0 radical (unpaired) electrons. The van der Waals surface area contributed by atoms with E-state index in [9.17, 15) is 27.2 Å². The molecule has 0 saturated carbocycles. The molecule has 3 aromatic carbocycles. The molecule has 3 aromatic rings. The second kappa shape index (κ2) is 7.73. The predicted molar refractivity (Wildman–Crippen MR) is 96.0 cm³/mol. The molecule has 0 aliphatic carbocycles. The fraction of sp³-hybridized carbons (Fsp3) is 0. The number of benzene rings is 3. The standard InChI is InChI=1S/C20H8Cl2F4O2/c21-11-5-1-9(2-6-11)19(27)13-15(23)14(17(25)18(26)16(13)24)20(28)10-3-7-12(22)8-4-10/h1-8H. The fourth-order valence-corrected chi connectivity index (χ4v) is 2.78. The van der Waals surface area contributed by atoms with Crippen molar-refractivity contribution in [2.75, 3.05) is 0 Å². The highest BCUT2D eigenvalue weighted by molar-refractivity contribution is 6.31. The van der Waals surface area contributed by atoms with Crippen LogP contribution in [0.3, 0.4) is 0 Å². The van der Waals surface area contributed by atoms with E-state index < -0.39 is 46.0 Å². The summed E-state index contributed by atoms with van der Waals surface area (Å²) in [7, 11) is 0. The summed E-state index contributed by atoms with van der Waals surface area (Å²) in [6.45, 7) is 0. The van der Waals surface area contributed by atoms with Gasteiger partial charge in [0.1, 0.15) is 0 Å². The largest absolute Gasteiger partial charge is 0.288 e. The van der Waals surface area contributed by atoms with Crippen molar-refractivity contribution in [3.63, 3.8) is 0 Å². The van der Waals surface area contributed by atoms with Crippen LogP contribution >= 0.6 is 23.2 Å². The van der Waals surface area contributed by atoms with E-state index in [0.717, 1.165) is 24.3 Å². The van der Waals surface area contributed by atoms with Crippen molar-refractivity contribution in [2.24, 2.45) is 0 Å². The molecule has 0 atom stereocenters. The molecule has 2 nitrogen and oxygen atoms in total. The zero-order valence-electron chi connectivity index (χ0n) is 13.7. The van der Waals surface area contributed by atoms with Crippen molar-refractivity contribution in [3.8, 4) is 0 Å². The highest BCUT2D eigenvalue weighted by atomic mass is 35.5. The van der Waals surface area contributed by atoms with E-state index in [4.69, 9.17) is 23.2 Å². The number of halogens is 6. The molecule has 0 N–H and O–H groups in total. The Bertz CT molecular complexity index is 1010. The molecular weight excluding hydrogens is 419 g/mol. The number of carbonyl (C=O) groups excluding carboxylic acids is 2. The summed E-state index contributed by atoms with van der Waals surface area (Å²) in [5, 5.41) is 0.503. The molecule has 0 aliphatic heterocycles. The molecule has 0 spiro atoms. The maximum Gasteiger partial charge on any atom is 0.199 e. The first-order valence-corrected chi connectivity index (χ1v) is 8.44. The number of carbonyl (C=O) groups is 2. The zero-order valence-corrected chi connectivity index (χ0v) is 15.2. The van der Waals surface area contributed by atoms with Gasteiger partial charge in [0.15, 0.2) is 34.8 Å². The summed E-state index contributed by atoms with van der Waals surface area (Å²) >= 11 is 11.4. The van der Waals surface area contributed by atoms with Crippen molar-refractivity contribution in [1.82, 2.24) is 0 Å². The van der Waals surface area contributed by atoms with Gasteiger partial charge in [-0.05, 0) is 48.5 Å². The van der Waals surface area contributed by atoms with Gasteiger partial charge in [-0.25, -0.2) is 17.6 Å². The van der Waals surface area contributed by atoms with E-state index in [1.807, 2.05) is 0 Å². The smallest absolute Gasteiger partial charge is 0.199 e. The van der Waals surface area contributed by atoms with E-state index in [2.05, 4.69) is 0 Å². The Morgan fingerprint density at radius 1 is 0.536 bits per heavy atom. The lowest BCUT2D eigenvalue weighted by molar-refractivity contribution is 0.102. The summed E-state index contributed by atoms with van der Waals surface area (Å²) in [6.07, 6.45) is 0. The van der Waals surface area contributed by atoms with Crippen molar-refractivity contribution in [2.45, 2.75) is 0 Å². The predicted octanol–water partition coefficient (Wildman–Crippen LogP) is 6.01. The van der Waals surface area contributed by atoms with Crippen LogP contribution in [-0.4, -0.2) is 11.6 Å². The average molecular weight is 427 g/mol. The average Bonchev–Trinajstić information content (AvgIpc) is 2.67. The quantitative estimate of drug-likeness (QED) is 0.221. The van der Waals surface area contributed by atoms with Crippen molar-refractivity contribution in [3.05, 3.63) is 104 Å². The van der Waals surface area contributed by atoms with Crippen LogP contribution in [-0.2, 0) is 0 Å². The van der Waals surface area contributed by atoms with Gasteiger partial charge >= 0.3 is 0 Å². The highest BCUT2D eigenvalue weighted by Gasteiger charge is 2.33. The van der Waals surface area contributed by atoms with Crippen LogP contribution in [0.2, 0.25) is 10.0 Å². The number of hydrogen-bond acceptors (Lipinski definition) is 2. The molecule has 0 aromatic heterocycles. The van der Waals surface area contributed by atoms with E-state index in [-0.39, 0.29) is 21.2 Å². The molecule has 0 bridgehead atoms. The molecule has 0 heterocycles. The lowest BCUT2D eigenvalue weighted by Crippen LogP contribution is -2.18. The lowest BCUT2D eigenvalue weighted by Gasteiger charge is -2.11. The third-order valence-corrected chi connectivity index (χ3v) is 4.43. The minimum Gasteiger partial charge on any atom is -0.288 e. The van der Waals surface area contributed by atoms with Gasteiger partial charge in [0, 0.05) is 21.2 Å². The Hall–Kier alpha value is -2.70. The van der Waals surface area contributed by atoms with Crippen LogP contribution in [0.5, 0.6) is 0 Å². The molecule has 28 heavy (non-hydrogen) atoms. The Morgan fingerprint density at radius 2 is 0.857 bits per heavy atom. The first-order valence-electron chi connectivity index (χ1n) is 7.68. The molecule has 142 valence electrons.